The number of hydrogen-bond acceptors (Lipinski definition) is 13. The Hall–Kier alpha value is -3.31. The van der Waals surface area contributed by atoms with Gasteiger partial charge in [-0.15, -0.1) is 23.5 Å². The van der Waals surface area contributed by atoms with E-state index in [2.05, 4.69) is 40.6 Å². The first-order valence-corrected chi connectivity index (χ1v) is 13.5. The molecule has 14 nitrogen and oxygen atoms in total. The third kappa shape index (κ3) is 13.0. The predicted octanol–water partition coefficient (Wildman–Crippen LogP) is 3.90. The van der Waals surface area contributed by atoms with E-state index in [0.29, 0.717) is 16.6 Å². The molecule has 0 aromatic carbocycles. The van der Waals surface area contributed by atoms with Gasteiger partial charge in [-0.2, -0.15) is 10.2 Å². The van der Waals surface area contributed by atoms with Gasteiger partial charge >= 0.3 is 18.2 Å². The second kappa shape index (κ2) is 17.2. The SMILES string of the molecule is CC1=NNC(=O)N(/N=C/c2cccnc2)C1.CS/C(C)=N\OC(=O)N(C)SN(C)C(=O)O/N=C(/C)SC. The molecule has 202 valence electrons. The van der Waals surface area contributed by atoms with Crippen LogP contribution in [0.15, 0.2) is 45.0 Å². The number of carbonyl (C=O) groups excluding carboxylic acids is 3. The minimum absolute atomic E-state index is 0.328. The van der Waals surface area contributed by atoms with Crippen molar-refractivity contribution in [2.45, 2.75) is 20.8 Å². The zero-order valence-corrected chi connectivity index (χ0v) is 23.9. The molecule has 1 N–H and O–H groups in total. The molecule has 0 fully saturated rings. The molecule has 0 saturated heterocycles. The number of thioether (sulfide) groups is 2. The molecule has 0 spiro atoms. The first kappa shape index (κ1) is 31.7. The Labute approximate surface area is 228 Å². The van der Waals surface area contributed by atoms with Crippen LogP contribution in [0.25, 0.3) is 0 Å². The highest BCUT2D eigenvalue weighted by atomic mass is 32.2. The first-order valence-electron chi connectivity index (χ1n) is 10.4. The van der Waals surface area contributed by atoms with Crippen LogP contribution < -0.4 is 5.43 Å². The van der Waals surface area contributed by atoms with Crippen LogP contribution in [-0.4, -0.2) is 92.0 Å². The maximum absolute atomic E-state index is 11.6. The van der Waals surface area contributed by atoms with E-state index in [1.807, 2.05) is 31.6 Å². The second-order valence-electron chi connectivity index (χ2n) is 6.77. The molecule has 1 aliphatic rings. The number of oxime groups is 2. The molecule has 1 aliphatic heterocycles. The van der Waals surface area contributed by atoms with Crippen molar-refractivity contribution in [2.24, 2.45) is 20.5 Å². The molecule has 17 heteroatoms. The minimum atomic E-state index is -0.711. The molecule has 0 aliphatic carbocycles. The molecule has 0 bridgehead atoms. The summed E-state index contributed by atoms with van der Waals surface area (Å²) >= 11 is 3.51. The lowest BCUT2D eigenvalue weighted by Gasteiger charge is -2.20. The van der Waals surface area contributed by atoms with Crippen LogP contribution in [0.1, 0.15) is 26.3 Å². The summed E-state index contributed by atoms with van der Waals surface area (Å²) < 4.78 is 2.20. The molecular weight excluding hydrogens is 542 g/mol. The Balaban J connectivity index is 0.000000381. The number of amides is 4. The molecule has 2 heterocycles. The van der Waals surface area contributed by atoms with Gasteiger partial charge in [-0.25, -0.2) is 33.4 Å². The van der Waals surface area contributed by atoms with Gasteiger partial charge in [-0.3, -0.25) is 14.7 Å². The number of aromatic nitrogens is 1. The summed E-state index contributed by atoms with van der Waals surface area (Å²) in [6, 6.07) is 3.34. The number of pyridine rings is 1. The molecule has 37 heavy (non-hydrogen) atoms. The number of nitrogens with zero attached hydrogens (tertiary/aromatic N) is 8. The zero-order chi connectivity index (χ0) is 27.8. The van der Waals surface area contributed by atoms with Crippen LogP contribution in [-0.2, 0) is 9.68 Å². The standard InChI is InChI=1S/C10H11N5O.C10H18N4O4S3/c1-8-7-15(10(16)14-13-8)12-6-9-3-2-4-11-5-9;1-7(19-5)11-17-9(15)13(3)21-14(4)10(16)18-12-8(2)20-6/h2-6H,7H2,1H3,(H,14,16);1-6H3/b12-6+;11-7-,12-8-. The summed E-state index contributed by atoms with van der Waals surface area (Å²) in [4.78, 5) is 47.8. The average molecular weight is 572 g/mol. The molecule has 0 radical (unpaired) electrons. The normalized spacial score (nSPS) is 13.8. The van der Waals surface area contributed by atoms with Gasteiger partial charge in [0.15, 0.2) is 0 Å². The molecule has 1 aromatic rings. The van der Waals surface area contributed by atoms with E-state index >= 15 is 0 Å². The molecule has 0 atom stereocenters. The number of hydrogen-bond donors (Lipinski definition) is 1. The van der Waals surface area contributed by atoms with Crippen LogP contribution in [0.4, 0.5) is 14.4 Å². The van der Waals surface area contributed by atoms with Gasteiger partial charge in [-0.05, 0) is 39.3 Å². The first-order chi connectivity index (χ1) is 17.6. The largest absolute Gasteiger partial charge is 0.447 e. The predicted molar refractivity (Wildman–Crippen MR) is 150 cm³/mol. The van der Waals surface area contributed by atoms with Crippen molar-refractivity contribution in [2.75, 3.05) is 33.2 Å². The molecule has 2 rings (SSSR count). The van der Waals surface area contributed by atoms with Crippen molar-refractivity contribution in [3.8, 4) is 0 Å². The Morgan fingerprint density at radius 1 is 1.11 bits per heavy atom. The van der Waals surface area contributed by atoms with Gasteiger partial charge in [-0.1, -0.05) is 16.4 Å². The lowest BCUT2D eigenvalue weighted by Crippen LogP contribution is -2.42. The van der Waals surface area contributed by atoms with Crippen molar-refractivity contribution < 1.29 is 24.1 Å². The van der Waals surface area contributed by atoms with Gasteiger partial charge in [0, 0.05) is 32.1 Å². The van der Waals surface area contributed by atoms with E-state index in [-0.39, 0.29) is 6.03 Å². The maximum Gasteiger partial charge on any atom is 0.447 e. The fraction of sp³-hybridized carbons (Fsp3) is 0.400. The maximum atomic E-state index is 11.6. The van der Waals surface area contributed by atoms with Crippen LogP contribution >= 0.6 is 35.7 Å². The number of rotatable bonds is 6. The number of hydrazone groups is 2. The van der Waals surface area contributed by atoms with Crippen molar-refractivity contribution in [3.05, 3.63) is 30.1 Å². The third-order valence-electron chi connectivity index (χ3n) is 3.84. The fourth-order valence-corrected chi connectivity index (χ4v) is 2.64. The molecule has 0 unspecified atom stereocenters. The van der Waals surface area contributed by atoms with E-state index in [1.54, 1.807) is 32.5 Å². The van der Waals surface area contributed by atoms with Gasteiger partial charge in [0.05, 0.1) is 30.6 Å². The summed E-state index contributed by atoms with van der Waals surface area (Å²) in [7, 11) is 2.88. The van der Waals surface area contributed by atoms with E-state index in [4.69, 9.17) is 0 Å². The monoisotopic (exact) mass is 571 g/mol. The summed E-state index contributed by atoms with van der Waals surface area (Å²) in [6.45, 7) is 5.65. The van der Waals surface area contributed by atoms with E-state index in [9.17, 15) is 14.4 Å². The van der Waals surface area contributed by atoms with Crippen LogP contribution in [0.5, 0.6) is 0 Å². The molecule has 0 saturated carbocycles. The van der Waals surface area contributed by atoms with Crippen LogP contribution in [0, 0.1) is 0 Å². The summed E-state index contributed by atoms with van der Waals surface area (Å²) in [5.74, 6) is 0. The van der Waals surface area contributed by atoms with Crippen LogP contribution in [0.3, 0.4) is 0 Å². The summed E-state index contributed by atoms with van der Waals surface area (Å²) in [5.41, 5.74) is 4.02. The Morgan fingerprint density at radius 3 is 2.16 bits per heavy atom. The quantitative estimate of drug-likeness (QED) is 0.176. The lowest BCUT2D eigenvalue weighted by atomic mass is 10.3. The summed E-state index contributed by atoms with van der Waals surface area (Å²) in [5, 5.41) is 17.6. The number of nitrogens with one attached hydrogen (secondary N) is 1. The van der Waals surface area contributed by atoms with Crippen molar-refractivity contribution in [3.63, 3.8) is 0 Å². The summed E-state index contributed by atoms with van der Waals surface area (Å²) in [6.07, 6.45) is 7.14. The van der Waals surface area contributed by atoms with E-state index < -0.39 is 12.2 Å². The highest BCUT2D eigenvalue weighted by Gasteiger charge is 2.19. The molecule has 4 amide bonds. The van der Waals surface area contributed by atoms with Crippen LogP contribution in [0.2, 0.25) is 0 Å². The average Bonchev–Trinajstić information content (AvgIpc) is 2.91. The van der Waals surface area contributed by atoms with Gasteiger partial charge in [0.1, 0.15) is 10.1 Å². The van der Waals surface area contributed by atoms with Crippen molar-refractivity contribution in [1.82, 2.24) is 24.0 Å². The van der Waals surface area contributed by atoms with E-state index in [0.717, 1.165) is 32.0 Å². The highest BCUT2D eigenvalue weighted by molar-refractivity contribution is 8.13. The molecular formula is C20H29N9O5S3. The van der Waals surface area contributed by atoms with Gasteiger partial charge < -0.3 is 0 Å². The minimum Gasteiger partial charge on any atom is -0.296 e. The van der Waals surface area contributed by atoms with Gasteiger partial charge in [0.2, 0.25) is 0 Å². The Kier molecular flexibility index (Phi) is 14.7. The van der Waals surface area contributed by atoms with Crippen molar-refractivity contribution in [1.29, 1.82) is 0 Å². The fourth-order valence-electron chi connectivity index (χ4n) is 1.85. The second-order valence-corrected chi connectivity index (χ2v) is 10.0. The molecule has 1 aromatic heterocycles. The lowest BCUT2D eigenvalue weighted by molar-refractivity contribution is 0.131. The Bertz CT molecular complexity index is 1000. The number of carbonyl (C=O) groups is 3. The highest BCUT2D eigenvalue weighted by Crippen LogP contribution is 2.15. The van der Waals surface area contributed by atoms with Crippen molar-refractivity contribution >= 4 is 75.9 Å². The zero-order valence-electron chi connectivity index (χ0n) is 21.4. The topological polar surface area (TPSA) is 154 Å². The number of urea groups is 1. The van der Waals surface area contributed by atoms with Gasteiger partial charge in [0.25, 0.3) is 0 Å². The van der Waals surface area contributed by atoms with E-state index in [1.165, 1.54) is 42.6 Å². The smallest absolute Gasteiger partial charge is 0.296 e. The Morgan fingerprint density at radius 2 is 1.68 bits per heavy atom. The third-order valence-corrected chi connectivity index (χ3v) is 5.96.